The lowest BCUT2D eigenvalue weighted by Crippen LogP contribution is -1.95. The van der Waals surface area contributed by atoms with Gasteiger partial charge in [-0.25, -0.2) is 4.98 Å². The molecular weight excluding hydrogens is 362 g/mol. The third-order valence-electron chi connectivity index (χ3n) is 4.53. The molecule has 0 amide bonds. The Hall–Kier alpha value is -2.91. The minimum Gasteiger partial charge on any atom is -0.381 e. The molecule has 0 saturated carbocycles. The summed E-state index contributed by atoms with van der Waals surface area (Å²) < 4.78 is 7.20. The molecule has 5 rings (SSSR count). The molecule has 1 aliphatic heterocycles. The van der Waals surface area contributed by atoms with Crippen LogP contribution in [-0.4, -0.2) is 43.2 Å². The van der Waals surface area contributed by atoms with Crippen LogP contribution in [0.5, 0.6) is 0 Å². The second-order valence-electron chi connectivity index (χ2n) is 6.49. The first-order valence-corrected chi connectivity index (χ1v) is 9.50. The number of aromatic nitrogens is 6. The molecule has 8 nitrogen and oxygen atoms in total. The van der Waals surface area contributed by atoms with Gasteiger partial charge in [-0.3, -0.25) is 9.67 Å². The molecule has 0 radical (unpaired) electrons. The molecule has 4 aromatic heterocycles. The summed E-state index contributed by atoms with van der Waals surface area (Å²) in [6.07, 6.45) is 6.63. The van der Waals surface area contributed by atoms with E-state index in [2.05, 4.69) is 30.6 Å². The van der Waals surface area contributed by atoms with Crippen LogP contribution in [-0.2, 0) is 11.8 Å². The summed E-state index contributed by atoms with van der Waals surface area (Å²) in [7, 11) is 1.90. The second-order valence-corrected chi connectivity index (χ2v) is 7.50. The minimum atomic E-state index is 0.355. The van der Waals surface area contributed by atoms with E-state index < -0.39 is 0 Å². The predicted octanol–water partition coefficient (Wildman–Crippen LogP) is 3.13. The number of aryl methyl sites for hydroxylation is 1. The van der Waals surface area contributed by atoms with Crippen molar-refractivity contribution in [3.05, 3.63) is 41.8 Å². The molecule has 0 spiro atoms. The van der Waals surface area contributed by atoms with Gasteiger partial charge in [-0.2, -0.15) is 5.10 Å². The Labute approximate surface area is 159 Å². The third kappa shape index (κ3) is 3.26. The molecule has 0 bridgehead atoms. The van der Waals surface area contributed by atoms with Crippen molar-refractivity contribution in [2.24, 2.45) is 7.05 Å². The van der Waals surface area contributed by atoms with E-state index in [1.165, 1.54) is 0 Å². The van der Waals surface area contributed by atoms with Gasteiger partial charge >= 0.3 is 0 Å². The fraction of sp³-hybridized carbons (Fsp3) is 0.278. The molecule has 136 valence electrons. The van der Waals surface area contributed by atoms with E-state index in [1.807, 2.05) is 43.8 Å². The molecule has 4 aromatic rings. The van der Waals surface area contributed by atoms with Crippen molar-refractivity contribution < 1.29 is 4.74 Å². The molecule has 5 heterocycles. The zero-order valence-corrected chi connectivity index (χ0v) is 15.5. The van der Waals surface area contributed by atoms with Crippen LogP contribution in [0.15, 0.2) is 36.8 Å². The monoisotopic (exact) mass is 379 g/mol. The van der Waals surface area contributed by atoms with Gasteiger partial charge in [-0.1, -0.05) is 11.3 Å². The fourth-order valence-corrected chi connectivity index (χ4v) is 3.96. The lowest BCUT2D eigenvalue weighted by molar-refractivity contribution is 0.194. The molecule has 1 aliphatic rings. The van der Waals surface area contributed by atoms with E-state index >= 15 is 0 Å². The lowest BCUT2D eigenvalue weighted by Gasteiger charge is -2.04. The number of rotatable bonds is 4. The first-order valence-electron chi connectivity index (χ1n) is 8.68. The van der Waals surface area contributed by atoms with Gasteiger partial charge in [0.05, 0.1) is 23.8 Å². The van der Waals surface area contributed by atoms with Crippen molar-refractivity contribution in [2.45, 2.75) is 12.3 Å². The van der Waals surface area contributed by atoms with Gasteiger partial charge < -0.3 is 10.1 Å². The third-order valence-corrected chi connectivity index (χ3v) is 5.53. The average molecular weight is 379 g/mol. The highest BCUT2D eigenvalue weighted by atomic mass is 32.1. The van der Waals surface area contributed by atoms with Crippen molar-refractivity contribution in [3.8, 4) is 11.1 Å². The van der Waals surface area contributed by atoms with Crippen LogP contribution < -0.4 is 5.32 Å². The van der Waals surface area contributed by atoms with Crippen LogP contribution in [0.4, 0.5) is 10.9 Å². The Morgan fingerprint density at radius 2 is 2.15 bits per heavy atom. The quantitative estimate of drug-likeness (QED) is 0.582. The summed E-state index contributed by atoms with van der Waals surface area (Å²) in [6, 6.07) is 5.87. The standard InChI is InChI=1S/C18H17N7OS/c1-25-9-13(8-20-25)12-6-15-14(19-7-12)2-3-16(21-15)22-18-24-23-17(27-18)11-4-5-26-10-11/h2-3,6-9,11H,4-5,10H2,1H3,(H,21,22,24). The summed E-state index contributed by atoms with van der Waals surface area (Å²) >= 11 is 1.55. The fourth-order valence-electron chi connectivity index (χ4n) is 3.09. The molecule has 0 aromatic carbocycles. The number of anilines is 2. The summed E-state index contributed by atoms with van der Waals surface area (Å²) in [6.45, 7) is 1.52. The highest BCUT2D eigenvalue weighted by Gasteiger charge is 2.22. The largest absolute Gasteiger partial charge is 0.381 e. The number of hydrogen-bond donors (Lipinski definition) is 1. The summed E-state index contributed by atoms with van der Waals surface area (Å²) in [4.78, 5) is 9.19. The molecule has 1 atom stereocenters. The molecule has 9 heteroatoms. The summed E-state index contributed by atoms with van der Waals surface area (Å²) in [5.41, 5.74) is 3.66. The predicted molar refractivity (Wildman–Crippen MR) is 103 cm³/mol. The molecule has 1 unspecified atom stereocenters. The van der Waals surface area contributed by atoms with Crippen LogP contribution >= 0.6 is 11.3 Å². The zero-order valence-electron chi connectivity index (χ0n) is 14.7. The van der Waals surface area contributed by atoms with E-state index in [0.717, 1.165) is 57.8 Å². The number of hydrogen-bond acceptors (Lipinski definition) is 8. The van der Waals surface area contributed by atoms with Crippen LogP contribution in [0.2, 0.25) is 0 Å². The van der Waals surface area contributed by atoms with Crippen LogP contribution in [0.25, 0.3) is 22.2 Å². The average Bonchev–Trinajstić information content (AvgIpc) is 3.42. The number of pyridine rings is 2. The van der Waals surface area contributed by atoms with Crippen LogP contribution in [0.1, 0.15) is 17.3 Å². The van der Waals surface area contributed by atoms with Crippen LogP contribution in [0.3, 0.4) is 0 Å². The number of nitrogens with one attached hydrogen (secondary N) is 1. The maximum Gasteiger partial charge on any atom is 0.211 e. The van der Waals surface area contributed by atoms with E-state index in [4.69, 9.17) is 4.74 Å². The first-order chi connectivity index (χ1) is 13.2. The van der Waals surface area contributed by atoms with Crippen molar-refractivity contribution >= 4 is 33.3 Å². The van der Waals surface area contributed by atoms with Gasteiger partial charge in [0.15, 0.2) is 0 Å². The Morgan fingerprint density at radius 3 is 2.96 bits per heavy atom. The van der Waals surface area contributed by atoms with Gasteiger partial charge in [0.2, 0.25) is 5.13 Å². The van der Waals surface area contributed by atoms with Crippen molar-refractivity contribution in [2.75, 3.05) is 18.5 Å². The Balaban J connectivity index is 1.41. The SMILES string of the molecule is Cn1cc(-c2cnc3ccc(Nc4nnc(C5CCOC5)s4)nc3c2)cn1. The van der Waals surface area contributed by atoms with Crippen LogP contribution in [0, 0.1) is 0 Å². The van der Waals surface area contributed by atoms with E-state index in [1.54, 1.807) is 16.0 Å². The topological polar surface area (TPSA) is 90.6 Å². The van der Waals surface area contributed by atoms with Gasteiger partial charge in [-0.05, 0) is 24.6 Å². The highest BCUT2D eigenvalue weighted by molar-refractivity contribution is 7.15. The van der Waals surface area contributed by atoms with Gasteiger partial charge in [0.25, 0.3) is 0 Å². The van der Waals surface area contributed by atoms with E-state index in [0.29, 0.717) is 5.92 Å². The summed E-state index contributed by atoms with van der Waals surface area (Å²) in [5.74, 6) is 1.08. The Bertz CT molecular complexity index is 1100. The molecular formula is C18H17N7OS. The van der Waals surface area contributed by atoms with Gasteiger partial charge in [-0.15, -0.1) is 10.2 Å². The van der Waals surface area contributed by atoms with Crippen molar-refractivity contribution in [3.63, 3.8) is 0 Å². The number of ether oxygens (including phenoxy) is 1. The molecule has 1 saturated heterocycles. The normalized spacial score (nSPS) is 16.9. The van der Waals surface area contributed by atoms with Crippen molar-refractivity contribution in [1.82, 2.24) is 29.9 Å². The highest BCUT2D eigenvalue weighted by Crippen LogP contribution is 2.31. The molecule has 1 N–H and O–H groups in total. The number of fused-ring (bicyclic) bond motifs is 1. The smallest absolute Gasteiger partial charge is 0.211 e. The summed E-state index contributed by atoms with van der Waals surface area (Å²) in [5, 5.41) is 17.7. The van der Waals surface area contributed by atoms with Gasteiger partial charge in [0.1, 0.15) is 10.8 Å². The zero-order chi connectivity index (χ0) is 18.2. The van der Waals surface area contributed by atoms with E-state index in [-0.39, 0.29) is 0 Å². The van der Waals surface area contributed by atoms with Crippen molar-refractivity contribution in [1.29, 1.82) is 0 Å². The molecule has 27 heavy (non-hydrogen) atoms. The lowest BCUT2D eigenvalue weighted by atomic mass is 10.1. The Morgan fingerprint density at radius 1 is 1.19 bits per heavy atom. The minimum absolute atomic E-state index is 0.355. The van der Waals surface area contributed by atoms with E-state index in [9.17, 15) is 0 Å². The Kier molecular flexibility index (Phi) is 4.02. The first kappa shape index (κ1) is 16.3. The second kappa shape index (κ2) is 6.67. The molecule has 1 fully saturated rings. The number of nitrogens with zero attached hydrogens (tertiary/aromatic N) is 6. The maximum atomic E-state index is 5.43. The van der Waals surface area contributed by atoms with Gasteiger partial charge in [0, 0.05) is 43.1 Å². The molecule has 0 aliphatic carbocycles. The maximum absolute atomic E-state index is 5.43.